The summed E-state index contributed by atoms with van der Waals surface area (Å²) in [6.45, 7) is 19.8. The van der Waals surface area contributed by atoms with E-state index in [9.17, 15) is 14.4 Å². The molecule has 4 saturated carbocycles. The predicted octanol–water partition coefficient (Wildman–Crippen LogP) is 7.42. The van der Waals surface area contributed by atoms with E-state index >= 15 is 0 Å². The highest BCUT2D eigenvalue weighted by Crippen LogP contribution is 2.73. The van der Waals surface area contributed by atoms with Crippen LogP contribution in [0.3, 0.4) is 0 Å². The Hall–Kier alpha value is -1.19. The summed E-state index contributed by atoms with van der Waals surface area (Å²) in [6.07, 6.45) is 8.48. The Balaban J connectivity index is 1.65. The fourth-order valence-corrected chi connectivity index (χ4v) is 10.3. The fourth-order valence-electron chi connectivity index (χ4n) is 10.3. The Bertz CT molecular complexity index is 904. The lowest BCUT2D eigenvalue weighted by atomic mass is 9.37. The molecule has 4 aliphatic carbocycles. The molecule has 0 bridgehead atoms. The van der Waals surface area contributed by atoms with E-state index in [0.29, 0.717) is 36.2 Å². The molecule has 0 amide bonds. The highest BCUT2D eigenvalue weighted by atomic mass is 16.5. The van der Waals surface area contributed by atoms with Gasteiger partial charge in [0.1, 0.15) is 17.7 Å². The maximum Gasteiger partial charge on any atom is 0.302 e. The zero-order chi connectivity index (χ0) is 26.8. The minimum atomic E-state index is -0.329. The topological polar surface area (TPSA) is 60.4 Å². The van der Waals surface area contributed by atoms with Crippen LogP contribution in [0.5, 0.6) is 0 Å². The van der Waals surface area contributed by atoms with Crippen LogP contribution in [0.25, 0.3) is 0 Å². The van der Waals surface area contributed by atoms with Crippen LogP contribution in [0, 0.1) is 57.2 Å². The first-order valence-electron chi connectivity index (χ1n) is 14.8. The number of Topliss-reactive ketones (excluding diaryl/α,β-unsaturated/α-hetero) is 2. The molecule has 4 aliphatic rings. The van der Waals surface area contributed by atoms with Gasteiger partial charge in [-0.2, -0.15) is 0 Å². The summed E-state index contributed by atoms with van der Waals surface area (Å²) in [4.78, 5) is 40.2. The molecular weight excluding hydrogens is 448 g/mol. The summed E-state index contributed by atoms with van der Waals surface area (Å²) in [5, 5.41) is 0. The highest BCUT2D eigenvalue weighted by Gasteiger charge is 2.72. The van der Waals surface area contributed by atoms with Crippen molar-refractivity contribution in [2.75, 3.05) is 0 Å². The average Bonchev–Trinajstić information content (AvgIpc) is 3.02. The van der Waals surface area contributed by atoms with E-state index in [1.807, 2.05) is 0 Å². The molecule has 0 aromatic carbocycles. The maximum atomic E-state index is 14.2. The Morgan fingerprint density at radius 3 is 2.19 bits per heavy atom. The van der Waals surface area contributed by atoms with Gasteiger partial charge in [0.25, 0.3) is 0 Å². The van der Waals surface area contributed by atoms with E-state index in [2.05, 4.69) is 55.4 Å². The van der Waals surface area contributed by atoms with Crippen molar-refractivity contribution in [1.29, 1.82) is 0 Å². The van der Waals surface area contributed by atoms with Crippen LogP contribution in [-0.4, -0.2) is 23.6 Å². The summed E-state index contributed by atoms with van der Waals surface area (Å²) in [7, 11) is 0. The number of carbonyl (C=O) groups is 3. The predicted molar refractivity (Wildman–Crippen MR) is 143 cm³/mol. The summed E-state index contributed by atoms with van der Waals surface area (Å²) in [5.74, 6) is 1.89. The molecule has 4 nitrogen and oxygen atoms in total. The molecule has 0 spiro atoms. The molecule has 0 saturated heterocycles. The third-order valence-electron chi connectivity index (χ3n) is 12.4. The van der Waals surface area contributed by atoms with E-state index in [0.717, 1.165) is 31.6 Å². The van der Waals surface area contributed by atoms with E-state index in [1.165, 1.54) is 26.2 Å². The van der Waals surface area contributed by atoms with Crippen molar-refractivity contribution in [2.24, 2.45) is 57.2 Å². The molecule has 36 heavy (non-hydrogen) atoms. The number of hydrogen-bond acceptors (Lipinski definition) is 4. The van der Waals surface area contributed by atoms with Crippen molar-refractivity contribution < 1.29 is 19.1 Å². The van der Waals surface area contributed by atoms with Gasteiger partial charge in [0.05, 0.1) is 0 Å². The first-order valence-corrected chi connectivity index (χ1v) is 14.8. The largest absolute Gasteiger partial charge is 0.462 e. The molecule has 0 aromatic heterocycles. The molecular formula is C32H52O4. The lowest BCUT2D eigenvalue weighted by Crippen LogP contribution is -2.67. The van der Waals surface area contributed by atoms with Crippen molar-refractivity contribution in [3.8, 4) is 0 Å². The maximum absolute atomic E-state index is 14.2. The van der Waals surface area contributed by atoms with Crippen LogP contribution in [0.1, 0.15) is 120 Å². The van der Waals surface area contributed by atoms with Crippen LogP contribution in [0.15, 0.2) is 0 Å². The lowest BCUT2D eigenvalue weighted by Gasteiger charge is -2.65. The second kappa shape index (κ2) is 9.23. The van der Waals surface area contributed by atoms with Crippen LogP contribution in [0.4, 0.5) is 0 Å². The summed E-state index contributed by atoms with van der Waals surface area (Å²) in [5.41, 5.74) is -0.776. The smallest absolute Gasteiger partial charge is 0.302 e. The van der Waals surface area contributed by atoms with Gasteiger partial charge in [0.2, 0.25) is 0 Å². The van der Waals surface area contributed by atoms with Gasteiger partial charge in [-0.1, -0.05) is 74.7 Å². The molecule has 4 heteroatoms. The molecule has 0 radical (unpaired) electrons. The number of esters is 1. The number of carbonyl (C=O) groups excluding carboxylic acids is 3. The van der Waals surface area contributed by atoms with Gasteiger partial charge in [-0.05, 0) is 65.6 Å². The van der Waals surface area contributed by atoms with Gasteiger partial charge in [-0.15, -0.1) is 0 Å². The summed E-state index contributed by atoms with van der Waals surface area (Å²) in [6, 6.07) is 0. The van der Waals surface area contributed by atoms with Gasteiger partial charge < -0.3 is 4.74 Å². The monoisotopic (exact) mass is 500 g/mol. The Labute approximate surface area is 220 Å². The second-order valence-electron chi connectivity index (χ2n) is 15.1. The number of ether oxygens (including phenoxy) is 1. The van der Waals surface area contributed by atoms with E-state index in [4.69, 9.17) is 4.74 Å². The van der Waals surface area contributed by atoms with Crippen molar-refractivity contribution >= 4 is 17.5 Å². The number of fused-ring (bicyclic) bond motifs is 5. The molecule has 204 valence electrons. The summed E-state index contributed by atoms with van der Waals surface area (Å²) < 4.78 is 5.76. The van der Waals surface area contributed by atoms with Crippen LogP contribution >= 0.6 is 0 Å². The molecule has 4 rings (SSSR count). The quantitative estimate of drug-likeness (QED) is 0.356. The van der Waals surface area contributed by atoms with Crippen LogP contribution in [0.2, 0.25) is 0 Å². The third kappa shape index (κ3) is 4.03. The Kier molecular flexibility index (Phi) is 7.13. The van der Waals surface area contributed by atoms with Gasteiger partial charge >= 0.3 is 5.97 Å². The Morgan fingerprint density at radius 1 is 0.917 bits per heavy atom. The number of hydrogen-bond donors (Lipinski definition) is 0. The van der Waals surface area contributed by atoms with Crippen LogP contribution in [-0.2, 0) is 19.1 Å². The van der Waals surface area contributed by atoms with Crippen LogP contribution < -0.4 is 0 Å². The molecule has 9 unspecified atom stereocenters. The van der Waals surface area contributed by atoms with Gasteiger partial charge in [-0.3, -0.25) is 14.4 Å². The SMILES string of the molecule is CC(=O)OC1CCC2(C)C3C(=O)CC4(C)C(C(C)CCCC(C)C)CCC4(C)C3C(=O)CC2C1(C)C. The molecule has 0 aliphatic heterocycles. The molecule has 0 aromatic rings. The minimum Gasteiger partial charge on any atom is -0.462 e. The first kappa shape index (κ1) is 27.8. The molecule has 0 N–H and O–H groups in total. The van der Waals surface area contributed by atoms with Crippen molar-refractivity contribution in [3.05, 3.63) is 0 Å². The van der Waals surface area contributed by atoms with Crippen molar-refractivity contribution in [3.63, 3.8) is 0 Å². The normalized spacial score (nSPS) is 44.6. The molecule has 0 heterocycles. The summed E-state index contributed by atoms with van der Waals surface area (Å²) >= 11 is 0. The first-order chi connectivity index (χ1) is 16.6. The fraction of sp³-hybridized carbons (Fsp3) is 0.906. The van der Waals surface area contributed by atoms with Crippen molar-refractivity contribution in [1.82, 2.24) is 0 Å². The average molecular weight is 501 g/mol. The van der Waals surface area contributed by atoms with E-state index < -0.39 is 0 Å². The number of rotatable bonds is 6. The number of ketones is 2. The highest BCUT2D eigenvalue weighted by molar-refractivity contribution is 5.95. The lowest BCUT2D eigenvalue weighted by molar-refractivity contribution is -0.206. The Morgan fingerprint density at radius 2 is 1.58 bits per heavy atom. The minimum absolute atomic E-state index is 0.0564. The van der Waals surface area contributed by atoms with E-state index in [-0.39, 0.29) is 51.5 Å². The second-order valence-corrected chi connectivity index (χ2v) is 15.1. The standard InChI is InChI=1S/C32H52O4/c1-19(2)11-10-12-20(3)22-13-16-31(8)28-23(34)17-25-29(5,6)26(36-21(4)33)14-15-30(25,7)27(28)24(35)18-32(22,31)9/h19-20,22,25-28H,10-18H2,1-9H3. The van der Waals surface area contributed by atoms with Gasteiger partial charge in [-0.25, -0.2) is 0 Å². The zero-order valence-electron chi connectivity index (χ0n) is 24.5. The van der Waals surface area contributed by atoms with Gasteiger partial charge in [0, 0.05) is 37.0 Å². The van der Waals surface area contributed by atoms with E-state index in [1.54, 1.807) is 0 Å². The van der Waals surface area contributed by atoms with Crippen molar-refractivity contribution in [2.45, 2.75) is 126 Å². The van der Waals surface area contributed by atoms with Gasteiger partial charge in [0.15, 0.2) is 0 Å². The zero-order valence-corrected chi connectivity index (χ0v) is 24.5. The third-order valence-corrected chi connectivity index (χ3v) is 12.4. The molecule has 9 atom stereocenters. The molecule has 4 fully saturated rings.